The van der Waals surface area contributed by atoms with Crippen LogP contribution >= 0.6 is 0 Å². The Labute approximate surface area is 379 Å². The first-order chi connectivity index (χ1) is 31.2. The number of ketones is 1. The summed E-state index contributed by atoms with van der Waals surface area (Å²) >= 11 is 0. The predicted molar refractivity (Wildman–Crippen MR) is 247 cm³/mol. The molecule has 5 aromatic rings. The molecule has 3 aliphatic heterocycles. The molecule has 3 amide bonds. The smallest absolute Gasteiger partial charge is 0.407 e. The van der Waals surface area contributed by atoms with E-state index in [9.17, 15) is 19.2 Å². The summed E-state index contributed by atoms with van der Waals surface area (Å²) in [4.78, 5) is 74.1. The first-order valence-electron chi connectivity index (χ1n) is 23.1. The lowest BCUT2D eigenvalue weighted by Crippen LogP contribution is -2.51. The fourth-order valence-corrected chi connectivity index (χ4v) is 10.1. The molecule has 1 unspecified atom stereocenters. The van der Waals surface area contributed by atoms with Gasteiger partial charge in [0, 0.05) is 18.8 Å². The van der Waals surface area contributed by atoms with E-state index in [-0.39, 0.29) is 47.9 Å². The first-order valence-corrected chi connectivity index (χ1v) is 23.1. The van der Waals surface area contributed by atoms with E-state index in [1.807, 2.05) is 44.7 Å². The molecule has 7 atom stereocenters. The van der Waals surface area contributed by atoms with Crippen LogP contribution < -0.4 is 20.7 Å². The molecule has 0 bridgehead atoms. The van der Waals surface area contributed by atoms with Crippen molar-refractivity contribution in [2.45, 2.75) is 122 Å². The molecule has 16 nitrogen and oxygen atoms in total. The summed E-state index contributed by atoms with van der Waals surface area (Å²) in [5.74, 6) is 1.59. The molecule has 3 saturated heterocycles. The largest absolute Gasteiger partial charge is 0.491 e. The van der Waals surface area contributed by atoms with Gasteiger partial charge in [0.1, 0.15) is 35.3 Å². The van der Waals surface area contributed by atoms with Crippen molar-refractivity contribution in [1.82, 2.24) is 35.1 Å². The minimum Gasteiger partial charge on any atom is -0.491 e. The van der Waals surface area contributed by atoms with Crippen LogP contribution in [0.5, 0.6) is 5.75 Å². The number of ether oxygens (including phenoxy) is 3. The topological polar surface area (TPSA) is 201 Å². The van der Waals surface area contributed by atoms with E-state index >= 15 is 0 Å². The summed E-state index contributed by atoms with van der Waals surface area (Å²) in [5, 5.41) is 2.74. The van der Waals surface area contributed by atoms with E-state index in [0.29, 0.717) is 13.1 Å². The summed E-state index contributed by atoms with van der Waals surface area (Å²) in [6.07, 6.45) is 3.13. The maximum absolute atomic E-state index is 13.9. The quantitative estimate of drug-likeness (QED) is 0.0790. The van der Waals surface area contributed by atoms with Crippen LogP contribution in [0.25, 0.3) is 22.1 Å². The number of nitrogens with one attached hydrogen (secondary N) is 3. The summed E-state index contributed by atoms with van der Waals surface area (Å²) in [7, 11) is 1.30. The maximum Gasteiger partial charge on any atom is 0.407 e. The lowest BCUT2D eigenvalue weighted by molar-refractivity contribution is -0.135. The number of carbonyl (C=O) groups is 4. The number of imidazole rings is 2. The molecule has 16 heteroatoms. The molecule has 5 N–H and O–H groups in total. The van der Waals surface area contributed by atoms with Gasteiger partial charge in [0.05, 0.1) is 65.4 Å². The number of aromatic nitrogens is 4. The van der Waals surface area contributed by atoms with Crippen molar-refractivity contribution in [3.63, 3.8) is 0 Å². The zero-order valence-corrected chi connectivity index (χ0v) is 38.5. The highest BCUT2D eigenvalue weighted by molar-refractivity contribution is 5.87. The normalized spacial score (nSPS) is 21.6. The Morgan fingerprint density at radius 1 is 0.785 bits per heavy atom. The van der Waals surface area contributed by atoms with E-state index in [1.54, 1.807) is 6.92 Å². The summed E-state index contributed by atoms with van der Waals surface area (Å²) in [5.41, 5.74) is 12.4. The van der Waals surface area contributed by atoms with Crippen molar-refractivity contribution >= 4 is 51.6 Å². The molecule has 0 aliphatic carbocycles. The fraction of sp³-hybridized carbons (Fsp3) is 0.510. The van der Waals surface area contributed by atoms with Crippen molar-refractivity contribution in [2.24, 2.45) is 17.6 Å². The molecule has 3 fully saturated rings. The molecule has 2 aromatic heterocycles. The zero-order valence-electron chi connectivity index (χ0n) is 38.5. The third-order valence-electron chi connectivity index (χ3n) is 13.5. The van der Waals surface area contributed by atoms with Gasteiger partial charge in [0.25, 0.3) is 0 Å². The number of anilines is 1. The van der Waals surface area contributed by atoms with Crippen LogP contribution in [0.3, 0.4) is 0 Å². The second-order valence-corrected chi connectivity index (χ2v) is 18.5. The number of methoxy groups -OCH3 is 1. The van der Waals surface area contributed by atoms with Gasteiger partial charge in [-0.25, -0.2) is 19.6 Å². The van der Waals surface area contributed by atoms with Crippen molar-refractivity contribution < 1.29 is 33.4 Å². The highest BCUT2D eigenvalue weighted by Crippen LogP contribution is 2.48. The average molecular weight is 890 g/mol. The van der Waals surface area contributed by atoms with Gasteiger partial charge in [0.15, 0.2) is 0 Å². The third-order valence-corrected chi connectivity index (χ3v) is 13.5. The second-order valence-electron chi connectivity index (χ2n) is 18.5. The number of aromatic amines is 2. The van der Waals surface area contributed by atoms with E-state index in [4.69, 9.17) is 29.9 Å². The number of nitrogens with zero attached hydrogens (tertiary/aromatic N) is 5. The van der Waals surface area contributed by atoms with Crippen LogP contribution in [0.15, 0.2) is 60.7 Å². The Kier molecular flexibility index (Phi) is 13.4. The number of fused-ring (bicyclic) bond motifs is 2. The number of alkyl carbamates (subject to hydrolysis) is 1. The van der Waals surface area contributed by atoms with Gasteiger partial charge >= 0.3 is 12.2 Å². The molecular formula is C49H63N9O7. The van der Waals surface area contributed by atoms with E-state index in [1.165, 1.54) is 19.6 Å². The average Bonchev–Trinajstić information content (AvgIpc) is 4.13. The lowest BCUT2D eigenvalue weighted by Gasteiger charge is -2.33. The number of carbonyl (C=O) groups excluding carboxylic acids is 4. The van der Waals surface area contributed by atoms with Crippen molar-refractivity contribution in [2.75, 3.05) is 31.6 Å². The SMILES string of the molecule is COC(=O)N[C@H](C(=O)N1CCC[C@H]1c1nc2cc([C@H]3CC[C@H](c4ccc5nc([C@@H]6CCCN6C[C@@H](OC(N)=O)C(C)C(C)=O)[nH]c5c4)N3c3ccc(OC(C)C)cc3)ccc2[nH]1)C(C)C. The fourth-order valence-electron chi connectivity index (χ4n) is 10.1. The van der Waals surface area contributed by atoms with Crippen LogP contribution in [0.1, 0.15) is 127 Å². The lowest BCUT2D eigenvalue weighted by atomic mass is 9.99. The predicted octanol–water partition coefficient (Wildman–Crippen LogP) is 8.18. The van der Waals surface area contributed by atoms with Gasteiger partial charge in [0.2, 0.25) is 5.91 Å². The minimum atomic E-state index is -0.886. The van der Waals surface area contributed by atoms with Crippen molar-refractivity contribution in [3.05, 3.63) is 83.4 Å². The monoisotopic (exact) mass is 889 g/mol. The second kappa shape index (κ2) is 19.1. The summed E-state index contributed by atoms with van der Waals surface area (Å²) in [6, 6.07) is 20.4. The van der Waals surface area contributed by atoms with Crippen LogP contribution in [-0.2, 0) is 19.1 Å². The number of nitrogens with two attached hydrogens (primary N) is 1. The number of primary amides is 1. The number of Topliss-reactive ketones (excluding diaryl/α,β-unsaturated/α-hetero) is 1. The zero-order chi connectivity index (χ0) is 46.1. The minimum absolute atomic E-state index is 0.0295. The number of benzene rings is 3. The van der Waals surface area contributed by atoms with E-state index < -0.39 is 30.3 Å². The van der Waals surface area contributed by atoms with Crippen molar-refractivity contribution in [3.8, 4) is 5.75 Å². The molecule has 3 aromatic carbocycles. The third kappa shape index (κ3) is 9.63. The molecule has 5 heterocycles. The molecule has 0 spiro atoms. The Bertz CT molecular complexity index is 2520. The van der Waals surface area contributed by atoms with Gasteiger partial charge in [-0.05, 0) is 131 Å². The molecule has 346 valence electrons. The highest BCUT2D eigenvalue weighted by Gasteiger charge is 2.40. The van der Waals surface area contributed by atoms with Gasteiger partial charge in [-0.3, -0.25) is 14.5 Å². The molecular weight excluding hydrogens is 827 g/mol. The highest BCUT2D eigenvalue weighted by atomic mass is 16.6. The maximum atomic E-state index is 13.9. The molecule has 3 aliphatic rings. The first kappa shape index (κ1) is 45.4. The van der Waals surface area contributed by atoms with Gasteiger partial charge in [-0.1, -0.05) is 32.9 Å². The Balaban J connectivity index is 1.07. The summed E-state index contributed by atoms with van der Waals surface area (Å²) < 4.78 is 16.3. The standard InChI is InChI=1S/C49H63N9O7/c1-27(2)44(55-49(62)63-7)47(60)57-23-9-11-42(57)46-52-36-19-13-32(25-38(36)54-46)40-21-20-39(58(40)33-14-16-34(17-15-33)64-28(3)4)31-12-18-35-37(24-31)53-45(51-35)41-10-8-22-56(41)26-43(65-48(50)61)29(5)30(6)59/h12-19,24-25,27-29,39-44H,8-11,20-23,26H2,1-7H3,(H2,50,61)(H,51,53)(H,52,54)(H,55,62)/t29?,39-,40-,41+,42+,43-,44+/m1/s1. The Morgan fingerprint density at radius 2 is 1.43 bits per heavy atom. The number of likely N-dealkylation sites (tertiary alicyclic amines) is 2. The molecule has 8 rings (SSSR count). The number of hydrogen-bond donors (Lipinski definition) is 4. The van der Waals surface area contributed by atoms with Crippen LogP contribution in [-0.4, -0.2) is 98.6 Å². The number of amides is 3. The number of hydrogen-bond acceptors (Lipinski definition) is 11. The van der Waals surface area contributed by atoms with Crippen LogP contribution in [0, 0.1) is 11.8 Å². The van der Waals surface area contributed by atoms with E-state index in [2.05, 4.69) is 73.6 Å². The van der Waals surface area contributed by atoms with Crippen LogP contribution in [0.2, 0.25) is 0 Å². The number of rotatable bonds is 15. The van der Waals surface area contributed by atoms with E-state index in [0.717, 1.165) is 95.8 Å². The van der Waals surface area contributed by atoms with Gasteiger partial charge < -0.3 is 45.0 Å². The Hall–Kier alpha value is -6.16. The molecule has 0 saturated carbocycles. The Morgan fingerprint density at radius 3 is 2.11 bits per heavy atom. The van der Waals surface area contributed by atoms with Gasteiger partial charge in [-0.15, -0.1) is 0 Å². The summed E-state index contributed by atoms with van der Waals surface area (Å²) in [6.45, 7) is 12.9. The number of H-pyrrole nitrogens is 2. The molecule has 0 radical (unpaired) electrons. The molecule has 65 heavy (non-hydrogen) atoms. The van der Waals surface area contributed by atoms with Gasteiger partial charge in [-0.2, -0.15) is 0 Å². The van der Waals surface area contributed by atoms with Crippen LogP contribution in [0.4, 0.5) is 15.3 Å². The van der Waals surface area contributed by atoms with Crippen molar-refractivity contribution in [1.29, 1.82) is 0 Å².